The highest BCUT2D eigenvalue weighted by Crippen LogP contribution is 2.61. The van der Waals surface area contributed by atoms with E-state index in [1.54, 1.807) is 48.4 Å². The maximum Gasteiger partial charge on any atom is 0.313 e. The standard InChI is InChI=1S/C39H47BrClN3O7/c1-7-9-19-30(46)42(6)24(5)33(25-15-11-10-12-16-25)50-38(49)31-32-36(47)44(29(22-45)23(3)4)35(39(32)21-26(40)34(31)51-39)37(48)43(20-8-2)28-18-14-13-17-27(28)41/h7-8,10-18,23-24,26,29,31-35,45H,1-2,9,19-22H2,3-6H3/t24-,26?,29+,31-,32+,33+,34-,35-,39+/m1/s1. The smallest absolute Gasteiger partial charge is 0.313 e. The molecular formula is C39H47BrClN3O7. The van der Waals surface area contributed by atoms with Crippen LogP contribution in [0.4, 0.5) is 5.69 Å². The molecule has 3 saturated heterocycles. The number of hydrogen-bond donors (Lipinski definition) is 1. The molecule has 3 heterocycles. The molecule has 5 rings (SSSR count). The maximum atomic E-state index is 15.0. The normalized spacial score (nSPS) is 26.7. The second-order valence-electron chi connectivity index (χ2n) is 13.9. The highest BCUT2D eigenvalue weighted by molar-refractivity contribution is 9.09. The zero-order valence-corrected chi connectivity index (χ0v) is 31.8. The summed E-state index contributed by atoms with van der Waals surface area (Å²) in [7, 11) is 1.67. The van der Waals surface area contributed by atoms with Crippen LogP contribution < -0.4 is 4.90 Å². The Labute approximate surface area is 313 Å². The zero-order chi connectivity index (χ0) is 37.2. The van der Waals surface area contributed by atoms with Crippen LogP contribution in [0.1, 0.15) is 51.7 Å². The molecule has 1 spiro atoms. The molecule has 2 aromatic rings. The molecule has 2 bridgehead atoms. The Balaban J connectivity index is 1.56. The molecule has 1 unspecified atom stereocenters. The molecule has 2 aromatic carbocycles. The van der Waals surface area contributed by atoms with Crippen LogP contribution >= 0.6 is 27.5 Å². The summed E-state index contributed by atoms with van der Waals surface area (Å²) in [6.45, 7) is 12.8. The average Bonchev–Trinajstić information content (AvgIpc) is 3.71. The van der Waals surface area contributed by atoms with E-state index in [9.17, 15) is 24.3 Å². The number of amides is 3. The topological polar surface area (TPSA) is 117 Å². The van der Waals surface area contributed by atoms with Crippen molar-refractivity contribution in [3.05, 3.63) is 90.5 Å². The minimum atomic E-state index is -1.41. The first-order valence-corrected chi connectivity index (χ1v) is 18.7. The van der Waals surface area contributed by atoms with Gasteiger partial charge in [0.25, 0.3) is 5.91 Å². The van der Waals surface area contributed by atoms with E-state index >= 15 is 0 Å². The Kier molecular flexibility index (Phi) is 12.2. The van der Waals surface area contributed by atoms with Crippen LogP contribution in [0.5, 0.6) is 0 Å². The fourth-order valence-electron chi connectivity index (χ4n) is 7.97. The number of benzene rings is 2. The molecule has 0 aromatic heterocycles. The molecule has 51 heavy (non-hydrogen) atoms. The van der Waals surface area contributed by atoms with Gasteiger partial charge in [0.1, 0.15) is 17.7 Å². The van der Waals surface area contributed by atoms with Crippen LogP contribution in [-0.4, -0.2) is 93.5 Å². The molecule has 12 heteroatoms. The van der Waals surface area contributed by atoms with Gasteiger partial charge in [0.05, 0.1) is 47.3 Å². The first-order chi connectivity index (χ1) is 24.3. The molecule has 3 fully saturated rings. The highest BCUT2D eigenvalue weighted by atomic mass is 79.9. The van der Waals surface area contributed by atoms with Gasteiger partial charge in [0.15, 0.2) is 0 Å². The number of aliphatic hydroxyl groups is 1. The fraction of sp³-hybridized carbons (Fsp3) is 0.487. The largest absolute Gasteiger partial charge is 0.455 e. The predicted octanol–water partition coefficient (Wildman–Crippen LogP) is 5.72. The van der Waals surface area contributed by atoms with E-state index < -0.39 is 72.2 Å². The van der Waals surface area contributed by atoms with Gasteiger partial charge in [-0.2, -0.15) is 0 Å². The molecule has 0 saturated carbocycles. The second-order valence-corrected chi connectivity index (χ2v) is 15.5. The van der Waals surface area contributed by atoms with E-state index in [0.29, 0.717) is 22.7 Å². The number of likely N-dealkylation sites (N-methyl/N-ethyl adjacent to an activating group) is 1. The lowest BCUT2D eigenvalue weighted by molar-refractivity contribution is -0.165. The molecule has 3 amide bonds. The number of ether oxygens (including phenoxy) is 2. The maximum absolute atomic E-state index is 15.0. The number of carbonyl (C=O) groups is 4. The number of nitrogens with zero attached hydrogens (tertiary/aromatic N) is 3. The number of rotatable bonds is 15. The number of likely N-dealkylation sites (tertiary alicyclic amines) is 1. The summed E-state index contributed by atoms with van der Waals surface area (Å²) in [5, 5.41) is 11.0. The van der Waals surface area contributed by atoms with Gasteiger partial charge < -0.3 is 29.3 Å². The van der Waals surface area contributed by atoms with Crippen molar-refractivity contribution in [1.29, 1.82) is 0 Å². The molecule has 3 aliphatic rings. The SMILES string of the molecule is C=CCCC(=O)N(C)[C@H](C)[C@H](OC(=O)[C@H]1[C@@H]2O[C@@]3(CC2Br)[C@@H]1C(=O)N([C@@H](CO)C(C)C)[C@@H]3C(=O)N(CC=C)c1ccccc1Cl)c1ccccc1. The van der Waals surface area contributed by atoms with Crippen molar-refractivity contribution in [2.24, 2.45) is 17.8 Å². The molecule has 0 radical (unpaired) electrons. The first kappa shape index (κ1) is 38.7. The molecule has 274 valence electrons. The molecular weight excluding hydrogens is 738 g/mol. The number of hydrogen-bond acceptors (Lipinski definition) is 7. The van der Waals surface area contributed by atoms with Crippen molar-refractivity contribution in [2.45, 2.75) is 80.8 Å². The molecule has 9 atom stereocenters. The van der Waals surface area contributed by atoms with E-state index in [1.165, 1.54) is 9.80 Å². The number of esters is 1. The number of carbonyl (C=O) groups excluding carboxylic acids is 4. The summed E-state index contributed by atoms with van der Waals surface area (Å²) >= 11 is 10.3. The molecule has 0 aliphatic carbocycles. The Morgan fingerprint density at radius 1 is 1.12 bits per heavy atom. The lowest BCUT2D eigenvalue weighted by Gasteiger charge is -2.40. The summed E-state index contributed by atoms with van der Waals surface area (Å²) < 4.78 is 13.1. The molecule has 10 nitrogen and oxygen atoms in total. The third-order valence-electron chi connectivity index (χ3n) is 10.6. The van der Waals surface area contributed by atoms with Crippen molar-refractivity contribution in [3.8, 4) is 0 Å². The number of para-hydroxylation sites is 1. The van der Waals surface area contributed by atoms with E-state index in [-0.39, 0.29) is 36.0 Å². The minimum Gasteiger partial charge on any atom is -0.455 e. The number of allylic oxidation sites excluding steroid dienone is 1. The highest BCUT2D eigenvalue weighted by Gasteiger charge is 2.78. The lowest BCUT2D eigenvalue weighted by atomic mass is 9.70. The van der Waals surface area contributed by atoms with Crippen LogP contribution in [0.3, 0.4) is 0 Å². The second kappa shape index (κ2) is 16.0. The Morgan fingerprint density at radius 2 is 1.78 bits per heavy atom. The van der Waals surface area contributed by atoms with Crippen molar-refractivity contribution in [2.75, 3.05) is 25.1 Å². The molecule has 3 aliphatic heterocycles. The monoisotopic (exact) mass is 783 g/mol. The predicted molar refractivity (Wildman–Crippen MR) is 199 cm³/mol. The van der Waals surface area contributed by atoms with Crippen LogP contribution in [0.15, 0.2) is 79.9 Å². The van der Waals surface area contributed by atoms with Crippen LogP contribution in [0.2, 0.25) is 5.02 Å². The Morgan fingerprint density at radius 3 is 2.39 bits per heavy atom. The van der Waals surface area contributed by atoms with E-state index in [0.717, 1.165) is 0 Å². The minimum absolute atomic E-state index is 0.0929. The van der Waals surface area contributed by atoms with Gasteiger partial charge in [-0.1, -0.05) is 96.0 Å². The summed E-state index contributed by atoms with van der Waals surface area (Å²) in [4.78, 5) is 61.5. The number of halogens is 2. The third kappa shape index (κ3) is 7.02. The average molecular weight is 785 g/mol. The summed E-state index contributed by atoms with van der Waals surface area (Å²) in [5.41, 5.74) is -0.291. The number of fused-ring (bicyclic) bond motifs is 1. The van der Waals surface area contributed by atoms with Gasteiger partial charge in [-0.25, -0.2) is 0 Å². The summed E-state index contributed by atoms with van der Waals surface area (Å²) in [5.74, 6) is -4.08. The lowest BCUT2D eigenvalue weighted by Crippen LogP contribution is -2.60. The number of aliphatic hydroxyl groups excluding tert-OH is 1. The van der Waals surface area contributed by atoms with E-state index in [4.69, 9.17) is 21.1 Å². The van der Waals surface area contributed by atoms with Crippen molar-refractivity contribution in [3.63, 3.8) is 0 Å². The first-order valence-electron chi connectivity index (χ1n) is 17.4. The van der Waals surface area contributed by atoms with Gasteiger partial charge in [0, 0.05) is 24.8 Å². The number of anilines is 1. The van der Waals surface area contributed by atoms with Crippen molar-refractivity contribution in [1.82, 2.24) is 9.80 Å². The van der Waals surface area contributed by atoms with Gasteiger partial charge in [-0.15, -0.1) is 13.2 Å². The fourth-order valence-corrected chi connectivity index (χ4v) is 9.15. The number of alkyl halides is 1. The zero-order valence-electron chi connectivity index (χ0n) is 29.5. The quantitative estimate of drug-likeness (QED) is 0.140. The van der Waals surface area contributed by atoms with Crippen LogP contribution in [0.25, 0.3) is 0 Å². The van der Waals surface area contributed by atoms with E-state index in [2.05, 4.69) is 29.1 Å². The summed E-state index contributed by atoms with van der Waals surface area (Å²) in [6, 6.07) is 13.6. The summed E-state index contributed by atoms with van der Waals surface area (Å²) in [6.07, 6.45) is 2.65. The van der Waals surface area contributed by atoms with Crippen LogP contribution in [-0.2, 0) is 28.7 Å². The Bertz CT molecular complexity index is 1640. The third-order valence-corrected chi connectivity index (χ3v) is 11.8. The molecule has 1 N–H and O–H groups in total. The van der Waals surface area contributed by atoms with Gasteiger partial charge >= 0.3 is 5.97 Å². The van der Waals surface area contributed by atoms with Gasteiger partial charge in [-0.05, 0) is 43.4 Å². The van der Waals surface area contributed by atoms with Gasteiger partial charge in [-0.3, -0.25) is 19.2 Å². The van der Waals surface area contributed by atoms with Crippen molar-refractivity contribution < 1.29 is 33.8 Å². The van der Waals surface area contributed by atoms with Crippen LogP contribution in [0, 0.1) is 17.8 Å². The van der Waals surface area contributed by atoms with Gasteiger partial charge in [0.2, 0.25) is 11.8 Å². The Hall–Kier alpha value is -3.51. The van der Waals surface area contributed by atoms with Crippen molar-refractivity contribution >= 4 is 56.9 Å². The van der Waals surface area contributed by atoms with E-state index in [1.807, 2.05) is 51.1 Å².